The van der Waals surface area contributed by atoms with E-state index in [2.05, 4.69) is 0 Å². The average molecular weight is 643 g/mol. The highest BCUT2D eigenvalue weighted by Gasteiger charge is 2.71. The highest BCUT2D eigenvalue weighted by molar-refractivity contribution is 6.66. The fourth-order valence-electron chi connectivity index (χ4n) is 6.62. The summed E-state index contributed by atoms with van der Waals surface area (Å²) in [7, 11) is 0. The molecule has 0 radical (unpaired) electrons. The first-order valence-electron chi connectivity index (χ1n) is 13.0. The zero-order valence-electron chi connectivity index (χ0n) is 21.4. The number of aromatic nitrogens is 3. The Morgan fingerprint density at radius 1 is 0.810 bits per heavy atom. The van der Waals surface area contributed by atoms with Gasteiger partial charge in [-0.05, 0) is 23.1 Å². The van der Waals surface area contributed by atoms with E-state index in [1.54, 1.807) is 60.7 Å². The van der Waals surface area contributed by atoms with Gasteiger partial charge in [0.05, 0.1) is 18.3 Å². The predicted molar refractivity (Wildman–Crippen MR) is 160 cm³/mol. The zero-order valence-corrected chi connectivity index (χ0v) is 24.5. The molecule has 8 nitrogen and oxygen atoms in total. The predicted octanol–water partition coefficient (Wildman–Crippen LogP) is 5.12. The Kier molecular flexibility index (Phi) is 5.99. The maximum absolute atomic E-state index is 14.0. The summed E-state index contributed by atoms with van der Waals surface area (Å²) in [6.45, 7) is -0.0424. The van der Waals surface area contributed by atoms with Crippen molar-refractivity contribution in [2.45, 2.75) is 34.7 Å². The van der Waals surface area contributed by atoms with Crippen molar-refractivity contribution in [3.05, 3.63) is 115 Å². The minimum absolute atomic E-state index is 0.0424. The summed E-state index contributed by atoms with van der Waals surface area (Å²) in [5.74, 6) is -3.16. The van der Waals surface area contributed by atoms with Crippen molar-refractivity contribution < 1.29 is 14.7 Å². The number of phenols is 1. The summed E-state index contributed by atoms with van der Waals surface area (Å²) < 4.78 is 3.52. The Morgan fingerprint density at radius 2 is 1.48 bits per heavy atom. The Hall–Kier alpha value is -3.56. The summed E-state index contributed by atoms with van der Waals surface area (Å²) in [4.78, 5) is 50.8. The van der Waals surface area contributed by atoms with Gasteiger partial charge in [-0.1, -0.05) is 83.9 Å². The summed E-state index contributed by atoms with van der Waals surface area (Å²) in [5, 5.41) is 11.7. The second-order valence-corrected chi connectivity index (χ2v) is 12.5. The molecule has 4 atom stereocenters. The van der Waals surface area contributed by atoms with Crippen LogP contribution in [0.2, 0.25) is 0 Å². The number of halogens is 4. The van der Waals surface area contributed by atoms with Crippen LogP contribution in [0.3, 0.4) is 0 Å². The maximum Gasteiger partial charge on any atom is 0.352 e. The molecule has 0 amide bonds. The molecule has 7 rings (SSSR count). The van der Waals surface area contributed by atoms with Crippen LogP contribution >= 0.6 is 46.4 Å². The van der Waals surface area contributed by atoms with Crippen molar-refractivity contribution in [1.82, 2.24) is 13.9 Å². The smallest absolute Gasteiger partial charge is 0.352 e. The number of nitrogens with zero attached hydrogens (tertiary/aromatic N) is 3. The number of Topliss-reactive ketones (excluding diaryl/α,β-unsaturated/α-hetero) is 2. The van der Waals surface area contributed by atoms with Crippen LogP contribution in [0.1, 0.15) is 23.9 Å². The molecule has 3 aliphatic rings. The summed E-state index contributed by atoms with van der Waals surface area (Å²) in [5.41, 5.74) is -0.260. The fourth-order valence-corrected chi connectivity index (χ4v) is 8.13. The number of carbonyl (C=O) groups excluding carboxylic acids is 2. The van der Waals surface area contributed by atoms with Crippen LogP contribution in [0.4, 0.5) is 0 Å². The number of phenolic OH excluding ortho intramolecular Hbond substituents is 1. The molecule has 0 bridgehead atoms. The molecule has 2 heterocycles. The second kappa shape index (κ2) is 9.22. The van der Waals surface area contributed by atoms with Crippen molar-refractivity contribution in [3.8, 4) is 11.4 Å². The van der Waals surface area contributed by atoms with E-state index < -0.39 is 54.7 Å². The molecule has 1 aliphatic heterocycles. The summed E-state index contributed by atoms with van der Waals surface area (Å²) in [6.07, 6.45) is 1.34. The van der Waals surface area contributed by atoms with E-state index in [1.807, 2.05) is 12.1 Å². The van der Waals surface area contributed by atoms with E-state index in [-0.39, 0.29) is 24.3 Å². The molecule has 4 unspecified atom stereocenters. The number of fused-ring (bicyclic) bond motifs is 5. The molecule has 1 fully saturated rings. The fraction of sp³-hybridized carbons (Fsp3) is 0.200. The molecule has 1 aromatic heterocycles. The van der Waals surface area contributed by atoms with Gasteiger partial charge in [0.15, 0.2) is 11.6 Å². The molecule has 2 aliphatic carbocycles. The average Bonchev–Trinajstić information content (AvgIpc) is 3.26. The van der Waals surface area contributed by atoms with Crippen LogP contribution in [0.15, 0.2) is 98.0 Å². The first-order valence-corrected chi connectivity index (χ1v) is 14.5. The number of hydrogen-bond donors (Lipinski definition) is 1. The SMILES string of the molecule is O=C1C(Cl)=C(Cl)C(=O)C2(Cl)C(c3ccc4ccccc4c3O)C3=CCn4c(=O)n(-c5ccccc5)c(=O)n4C3CC12Cl. The van der Waals surface area contributed by atoms with Gasteiger partial charge in [0, 0.05) is 23.3 Å². The third-order valence-corrected chi connectivity index (χ3v) is 10.8. The molecular formula is C30H19Cl4N3O5. The number of carbonyl (C=O) groups is 2. The Bertz CT molecular complexity index is 2060. The normalized spacial score (nSPS) is 27.0. The summed E-state index contributed by atoms with van der Waals surface area (Å²) >= 11 is 27.0. The van der Waals surface area contributed by atoms with Gasteiger partial charge in [-0.3, -0.25) is 9.59 Å². The maximum atomic E-state index is 14.0. The van der Waals surface area contributed by atoms with Crippen LogP contribution in [0.25, 0.3) is 16.5 Å². The standard InChI is InChI=1S/C30H19Cl4N3O5/c31-22-23(32)26(40)30(34)21(19-11-10-15-6-4-5-9-17(15)24(19)38)18-12-13-35-27(41)36(16-7-2-1-3-8-16)28(42)37(35)20(18)14-29(30,33)25(22)39/h1-12,20-21,38H,13-14H2. The molecular weight excluding hydrogens is 624 g/mol. The van der Waals surface area contributed by atoms with Crippen molar-refractivity contribution in [1.29, 1.82) is 0 Å². The quantitative estimate of drug-likeness (QED) is 0.241. The van der Waals surface area contributed by atoms with Crippen molar-refractivity contribution in [3.63, 3.8) is 0 Å². The van der Waals surface area contributed by atoms with E-state index in [4.69, 9.17) is 46.4 Å². The van der Waals surface area contributed by atoms with Gasteiger partial charge in [0.1, 0.15) is 25.6 Å². The largest absolute Gasteiger partial charge is 0.507 e. The van der Waals surface area contributed by atoms with Crippen LogP contribution in [-0.4, -0.2) is 40.4 Å². The number of alkyl halides is 2. The lowest BCUT2D eigenvalue weighted by atomic mass is 9.59. The van der Waals surface area contributed by atoms with Crippen LogP contribution in [0.5, 0.6) is 5.75 Å². The lowest BCUT2D eigenvalue weighted by Gasteiger charge is -2.54. The molecule has 212 valence electrons. The molecule has 1 saturated carbocycles. The topological polar surface area (TPSA) is 103 Å². The van der Waals surface area contributed by atoms with E-state index in [9.17, 15) is 24.3 Å². The van der Waals surface area contributed by atoms with Crippen molar-refractivity contribution in [2.24, 2.45) is 0 Å². The van der Waals surface area contributed by atoms with Gasteiger partial charge in [-0.2, -0.15) is 0 Å². The molecule has 1 N–H and O–H groups in total. The van der Waals surface area contributed by atoms with Crippen LogP contribution in [0, 0.1) is 0 Å². The second-order valence-electron chi connectivity index (χ2n) is 10.5. The zero-order chi connectivity index (χ0) is 29.7. The lowest BCUT2D eigenvalue weighted by Crippen LogP contribution is -2.67. The van der Waals surface area contributed by atoms with Crippen molar-refractivity contribution in [2.75, 3.05) is 0 Å². The first-order chi connectivity index (χ1) is 20.0. The molecule has 4 aromatic rings. The lowest BCUT2D eigenvalue weighted by molar-refractivity contribution is -0.128. The van der Waals surface area contributed by atoms with Gasteiger partial charge in [0.25, 0.3) is 0 Å². The van der Waals surface area contributed by atoms with Crippen LogP contribution < -0.4 is 11.4 Å². The monoisotopic (exact) mass is 641 g/mol. The number of allylic oxidation sites excluding steroid dienone is 4. The number of aromatic hydroxyl groups is 1. The Labute approximate surface area is 257 Å². The van der Waals surface area contributed by atoms with E-state index in [1.165, 1.54) is 9.36 Å². The highest BCUT2D eigenvalue weighted by atomic mass is 35.5. The number of benzene rings is 3. The van der Waals surface area contributed by atoms with E-state index in [0.29, 0.717) is 16.6 Å². The molecule has 12 heteroatoms. The van der Waals surface area contributed by atoms with E-state index >= 15 is 0 Å². The minimum Gasteiger partial charge on any atom is -0.507 e. The highest BCUT2D eigenvalue weighted by Crippen LogP contribution is 2.64. The number of ketones is 2. The van der Waals surface area contributed by atoms with Gasteiger partial charge >= 0.3 is 11.4 Å². The Balaban J connectivity index is 1.54. The van der Waals surface area contributed by atoms with Crippen LogP contribution in [-0.2, 0) is 16.1 Å². The number of hydrogen-bond acceptors (Lipinski definition) is 5. The molecule has 0 saturated heterocycles. The van der Waals surface area contributed by atoms with Gasteiger partial charge in [-0.25, -0.2) is 23.5 Å². The van der Waals surface area contributed by atoms with E-state index in [0.717, 1.165) is 9.95 Å². The number of para-hydroxylation sites is 1. The first kappa shape index (κ1) is 27.3. The Morgan fingerprint density at radius 3 is 2.21 bits per heavy atom. The molecule has 42 heavy (non-hydrogen) atoms. The van der Waals surface area contributed by atoms with Crippen molar-refractivity contribution >= 4 is 68.7 Å². The third-order valence-electron chi connectivity index (χ3n) is 8.56. The summed E-state index contributed by atoms with van der Waals surface area (Å²) in [6, 6.07) is 17.9. The van der Waals surface area contributed by atoms with Gasteiger partial charge in [0.2, 0.25) is 0 Å². The molecule has 3 aromatic carbocycles. The van der Waals surface area contributed by atoms with Gasteiger partial charge < -0.3 is 5.11 Å². The van der Waals surface area contributed by atoms with Gasteiger partial charge in [-0.15, -0.1) is 23.2 Å². The minimum atomic E-state index is -2.22. The molecule has 0 spiro atoms. The number of rotatable bonds is 2. The third kappa shape index (κ3) is 3.32.